The molecule has 1 saturated heterocycles. The van der Waals surface area contributed by atoms with Gasteiger partial charge in [0.05, 0.1) is 29.8 Å². The Labute approximate surface area is 162 Å². The minimum absolute atomic E-state index is 0.134. The van der Waals surface area contributed by atoms with Crippen LogP contribution in [-0.2, 0) is 9.47 Å². The molecule has 2 heterocycles. The van der Waals surface area contributed by atoms with Crippen molar-refractivity contribution in [2.45, 2.75) is 32.4 Å². The van der Waals surface area contributed by atoms with Crippen LogP contribution in [0.25, 0.3) is 0 Å². The normalized spacial score (nSPS) is 18.5. The molecular weight excluding hydrogens is 370 g/mol. The van der Waals surface area contributed by atoms with Gasteiger partial charge in [-0.3, -0.25) is 10.1 Å². The molecule has 0 spiro atoms. The second kappa shape index (κ2) is 7.17. The zero-order chi connectivity index (χ0) is 20.6. The number of carbonyl (C=O) groups is 2. The van der Waals surface area contributed by atoms with Gasteiger partial charge in [-0.1, -0.05) is 0 Å². The molecule has 2 aliphatic rings. The molecule has 0 aromatic heterocycles. The fourth-order valence-electron chi connectivity index (χ4n) is 3.32. The molecule has 10 nitrogen and oxygen atoms in total. The molecule has 0 aliphatic carbocycles. The fraction of sp³-hybridized carbons (Fsp3) is 0.556. The molecule has 28 heavy (non-hydrogen) atoms. The summed E-state index contributed by atoms with van der Waals surface area (Å²) in [6.07, 6.45) is -0.392. The highest BCUT2D eigenvalue weighted by molar-refractivity contribution is 5.96. The lowest BCUT2D eigenvalue weighted by molar-refractivity contribution is -0.385. The number of esters is 1. The highest BCUT2D eigenvalue weighted by Gasteiger charge is 2.38. The van der Waals surface area contributed by atoms with Gasteiger partial charge in [-0.25, -0.2) is 9.59 Å². The Morgan fingerprint density at radius 1 is 1.29 bits per heavy atom. The third-order valence-electron chi connectivity index (χ3n) is 4.55. The van der Waals surface area contributed by atoms with E-state index in [4.69, 9.17) is 9.47 Å². The Hall–Kier alpha value is -3.04. The van der Waals surface area contributed by atoms with Gasteiger partial charge in [-0.2, -0.15) is 0 Å². The number of hydrogen-bond acceptors (Lipinski definition) is 8. The van der Waals surface area contributed by atoms with E-state index in [9.17, 15) is 19.7 Å². The molecule has 2 aliphatic heterocycles. The molecule has 10 heteroatoms. The third kappa shape index (κ3) is 3.80. The van der Waals surface area contributed by atoms with Crippen molar-refractivity contribution in [3.63, 3.8) is 0 Å². The smallest absolute Gasteiger partial charge is 0.410 e. The summed E-state index contributed by atoms with van der Waals surface area (Å²) in [6, 6.07) is 2.52. The Morgan fingerprint density at radius 3 is 2.61 bits per heavy atom. The van der Waals surface area contributed by atoms with Crippen LogP contribution in [0.15, 0.2) is 12.1 Å². The van der Waals surface area contributed by atoms with E-state index >= 15 is 0 Å². The van der Waals surface area contributed by atoms with Crippen molar-refractivity contribution >= 4 is 23.4 Å². The number of piperazine rings is 1. The number of fused-ring (bicyclic) bond motifs is 3. The maximum atomic E-state index is 12.3. The van der Waals surface area contributed by atoms with E-state index in [1.807, 2.05) is 25.7 Å². The topological polar surface area (TPSA) is 111 Å². The number of nitro benzene ring substituents is 1. The van der Waals surface area contributed by atoms with Gasteiger partial charge in [0, 0.05) is 19.6 Å². The molecule has 1 aromatic carbocycles. The fourth-order valence-corrected chi connectivity index (χ4v) is 3.32. The monoisotopic (exact) mass is 393 g/mol. The lowest BCUT2D eigenvalue weighted by Crippen LogP contribution is -2.59. The van der Waals surface area contributed by atoms with E-state index in [-0.39, 0.29) is 23.9 Å². The molecular formula is C18H23N3O7. The van der Waals surface area contributed by atoms with Crippen molar-refractivity contribution in [3.05, 3.63) is 27.8 Å². The van der Waals surface area contributed by atoms with Crippen LogP contribution in [0.2, 0.25) is 0 Å². The summed E-state index contributed by atoms with van der Waals surface area (Å²) in [6.45, 7) is 6.99. The van der Waals surface area contributed by atoms with Crippen LogP contribution < -0.4 is 9.64 Å². The first-order valence-corrected chi connectivity index (χ1v) is 8.89. The summed E-state index contributed by atoms with van der Waals surface area (Å²) in [5.74, 6) is -0.453. The van der Waals surface area contributed by atoms with E-state index < -0.39 is 22.6 Å². The number of carbonyl (C=O) groups excluding carboxylic acids is 2. The van der Waals surface area contributed by atoms with Gasteiger partial charge in [0.15, 0.2) is 0 Å². The number of nitrogens with zero attached hydrogens (tertiary/aromatic N) is 3. The Bertz CT molecular complexity index is 818. The molecule has 152 valence electrons. The number of anilines is 1. The van der Waals surface area contributed by atoms with E-state index in [0.29, 0.717) is 31.1 Å². The van der Waals surface area contributed by atoms with Crippen LogP contribution in [0.3, 0.4) is 0 Å². The first-order chi connectivity index (χ1) is 13.1. The second-order valence-corrected chi connectivity index (χ2v) is 7.67. The molecule has 1 fully saturated rings. The molecule has 1 unspecified atom stereocenters. The lowest BCUT2D eigenvalue weighted by Gasteiger charge is -2.45. The number of methoxy groups -OCH3 is 1. The number of hydrogen-bond donors (Lipinski definition) is 0. The van der Waals surface area contributed by atoms with Crippen LogP contribution in [0, 0.1) is 10.1 Å². The van der Waals surface area contributed by atoms with Gasteiger partial charge in [0.25, 0.3) is 5.69 Å². The highest BCUT2D eigenvalue weighted by atomic mass is 16.6. The van der Waals surface area contributed by atoms with Crippen molar-refractivity contribution < 1.29 is 28.7 Å². The number of amides is 1. The van der Waals surface area contributed by atoms with Gasteiger partial charge >= 0.3 is 12.1 Å². The zero-order valence-corrected chi connectivity index (χ0v) is 16.3. The van der Waals surface area contributed by atoms with Crippen LogP contribution in [0.1, 0.15) is 31.1 Å². The van der Waals surface area contributed by atoms with Crippen molar-refractivity contribution in [1.29, 1.82) is 0 Å². The predicted molar refractivity (Wildman–Crippen MR) is 98.9 cm³/mol. The molecule has 1 aromatic rings. The summed E-state index contributed by atoms with van der Waals surface area (Å²) in [7, 11) is 1.17. The van der Waals surface area contributed by atoms with Crippen LogP contribution >= 0.6 is 0 Å². The van der Waals surface area contributed by atoms with E-state index in [2.05, 4.69) is 4.74 Å². The largest absolute Gasteiger partial charge is 0.489 e. The Kier molecular flexibility index (Phi) is 5.05. The Morgan fingerprint density at radius 2 is 2.00 bits per heavy atom. The molecule has 0 radical (unpaired) electrons. The van der Waals surface area contributed by atoms with Gasteiger partial charge < -0.3 is 24.0 Å². The maximum Gasteiger partial charge on any atom is 0.410 e. The summed E-state index contributed by atoms with van der Waals surface area (Å²) in [5, 5.41) is 11.3. The second-order valence-electron chi connectivity index (χ2n) is 7.67. The average molecular weight is 393 g/mol. The minimum Gasteiger partial charge on any atom is -0.489 e. The molecule has 0 bridgehead atoms. The van der Waals surface area contributed by atoms with Gasteiger partial charge in [-0.15, -0.1) is 0 Å². The first-order valence-electron chi connectivity index (χ1n) is 8.89. The van der Waals surface area contributed by atoms with Crippen molar-refractivity contribution in [3.8, 4) is 5.75 Å². The van der Waals surface area contributed by atoms with Gasteiger partial charge in [0.1, 0.15) is 23.5 Å². The molecule has 3 rings (SSSR count). The number of benzene rings is 1. The standard InChI is InChI=1S/C18H23N3O7/c1-18(2,3)28-17(23)19-5-6-20-11(9-19)10-27-15-8-13(21(24)25)12(7-14(15)20)16(22)26-4/h7-8,11H,5-6,9-10H2,1-4H3. The lowest BCUT2D eigenvalue weighted by atomic mass is 10.0. The molecule has 0 N–H and O–H groups in total. The SMILES string of the molecule is COC(=O)c1cc2c(cc1[N+](=O)[O-])OCC1CN(C(=O)OC(C)(C)C)CCN21. The minimum atomic E-state index is -0.788. The Balaban J connectivity index is 1.86. The van der Waals surface area contributed by atoms with Crippen LogP contribution in [-0.4, -0.2) is 66.9 Å². The summed E-state index contributed by atoms with van der Waals surface area (Å²) in [4.78, 5) is 38.6. The predicted octanol–water partition coefficient (Wildman–Crippen LogP) is 2.20. The van der Waals surface area contributed by atoms with Crippen molar-refractivity contribution in [2.24, 2.45) is 0 Å². The van der Waals surface area contributed by atoms with Gasteiger partial charge in [-0.05, 0) is 26.8 Å². The van der Waals surface area contributed by atoms with Crippen LogP contribution in [0.4, 0.5) is 16.2 Å². The molecule has 1 atom stereocenters. The van der Waals surface area contributed by atoms with E-state index in [1.54, 1.807) is 4.90 Å². The summed E-state index contributed by atoms with van der Waals surface area (Å²) < 4.78 is 15.8. The first kappa shape index (κ1) is 19.7. The number of nitro groups is 1. The van der Waals surface area contributed by atoms with Crippen LogP contribution in [0.5, 0.6) is 5.75 Å². The maximum absolute atomic E-state index is 12.3. The summed E-state index contributed by atoms with van der Waals surface area (Å²) in [5.41, 5.74) is -0.509. The number of rotatable bonds is 2. The molecule has 0 saturated carbocycles. The van der Waals surface area contributed by atoms with E-state index in [0.717, 1.165) is 0 Å². The van der Waals surface area contributed by atoms with E-state index in [1.165, 1.54) is 19.2 Å². The highest BCUT2D eigenvalue weighted by Crippen LogP contribution is 2.40. The summed E-state index contributed by atoms with van der Waals surface area (Å²) >= 11 is 0. The third-order valence-corrected chi connectivity index (χ3v) is 4.55. The quantitative estimate of drug-likeness (QED) is 0.427. The zero-order valence-electron chi connectivity index (χ0n) is 16.3. The average Bonchev–Trinajstić information content (AvgIpc) is 2.64. The number of ether oxygens (including phenoxy) is 3. The van der Waals surface area contributed by atoms with Gasteiger partial charge in [0.2, 0.25) is 0 Å². The van der Waals surface area contributed by atoms with Crippen molar-refractivity contribution in [2.75, 3.05) is 38.3 Å². The molecule has 1 amide bonds. The van der Waals surface area contributed by atoms with Crippen molar-refractivity contribution in [1.82, 2.24) is 4.90 Å².